The SMILES string of the molecule is CC(C)C1(C(N)=O)CCC(C)(c2ccc(S(N)(=O)=O)cc2)CC1. The Morgan fingerprint density at radius 2 is 1.57 bits per heavy atom. The van der Waals surface area contributed by atoms with Crippen molar-refractivity contribution in [3.05, 3.63) is 29.8 Å². The third-order valence-electron chi connectivity index (χ3n) is 5.72. The monoisotopic (exact) mass is 338 g/mol. The number of nitrogens with two attached hydrogens (primary N) is 2. The lowest BCUT2D eigenvalue weighted by Gasteiger charge is -2.45. The first kappa shape index (κ1) is 17.9. The van der Waals surface area contributed by atoms with Crippen molar-refractivity contribution < 1.29 is 13.2 Å². The van der Waals surface area contributed by atoms with E-state index >= 15 is 0 Å². The third kappa shape index (κ3) is 3.28. The molecule has 0 heterocycles. The van der Waals surface area contributed by atoms with Crippen LogP contribution in [0.3, 0.4) is 0 Å². The van der Waals surface area contributed by atoms with Crippen LogP contribution in [0.4, 0.5) is 0 Å². The van der Waals surface area contributed by atoms with Crippen molar-refractivity contribution in [2.45, 2.75) is 56.8 Å². The smallest absolute Gasteiger partial charge is 0.238 e. The molecule has 0 atom stereocenters. The summed E-state index contributed by atoms with van der Waals surface area (Å²) in [5.41, 5.74) is 6.25. The summed E-state index contributed by atoms with van der Waals surface area (Å²) < 4.78 is 22.7. The zero-order valence-electron chi connectivity index (χ0n) is 14.0. The van der Waals surface area contributed by atoms with Crippen LogP contribution in [0, 0.1) is 11.3 Å². The fraction of sp³-hybridized carbons (Fsp3) is 0.588. The van der Waals surface area contributed by atoms with E-state index in [1.807, 2.05) is 26.0 Å². The van der Waals surface area contributed by atoms with Gasteiger partial charge in [-0.15, -0.1) is 0 Å². The van der Waals surface area contributed by atoms with Crippen molar-refractivity contribution in [2.75, 3.05) is 0 Å². The highest BCUT2D eigenvalue weighted by molar-refractivity contribution is 7.89. The molecule has 1 fully saturated rings. The Balaban J connectivity index is 2.24. The van der Waals surface area contributed by atoms with Crippen LogP contribution in [-0.4, -0.2) is 14.3 Å². The van der Waals surface area contributed by atoms with Gasteiger partial charge in [0.05, 0.1) is 10.3 Å². The highest BCUT2D eigenvalue weighted by Gasteiger charge is 2.46. The lowest BCUT2D eigenvalue weighted by Crippen LogP contribution is -2.46. The number of rotatable bonds is 4. The number of carbonyl (C=O) groups is 1. The Kier molecular flexibility index (Phi) is 4.61. The third-order valence-corrected chi connectivity index (χ3v) is 6.65. The topological polar surface area (TPSA) is 103 Å². The molecule has 0 saturated heterocycles. The molecule has 1 aliphatic carbocycles. The molecule has 1 amide bonds. The second-order valence-corrected chi connectivity index (χ2v) is 8.87. The molecule has 5 nitrogen and oxygen atoms in total. The van der Waals surface area contributed by atoms with E-state index in [9.17, 15) is 13.2 Å². The molecule has 0 bridgehead atoms. The van der Waals surface area contributed by atoms with Crippen LogP contribution in [0.1, 0.15) is 52.0 Å². The molecule has 0 radical (unpaired) electrons. The van der Waals surface area contributed by atoms with Gasteiger partial charge in [0.25, 0.3) is 0 Å². The average Bonchev–Trinajstić information content (AvgIpc) is 2.47. The molecule has 1 saturated carbocycles. The quantitative estimate of drug-likeness (QED) is 0.880. The normalized spacial score (nSPS) is 28.7. The molecule has 1 aliphatic rings. The molecule has 128 valence electrons. The number of hydrogen-bond acceptors (Lipinski definition) is 3. The fourth-order valence-corrected chi connectivity index (χ4v) is 4.21. The maximum atomic E-state index is 12.0. The number of amides is 1. The van der Waals surface area contributed by atoms with Crippen LogP contribution in [0.5, 0.6) is 0 Å². The van der Waals surface area contributed by atoms with Gasteiger partial charge in [-0.05, 0) is 54.7 Å². The van der Waals surface area contributed by atoms with Gasteiger partial charge in [0.1, 0.15) is 0 Å². The van der Waals surface area contributed by atoms with Crippen LogP contribution in [-0.2, 0) is 20.2 Å². The fourth-order valence-electron chi connectivity index (χ4n) is 3.69. The summed E-state index contributed by atoms with van der Waals surface area (Å²) in [6, 6.07) is 6.75. The van der Waals surface area contributed by atoms with Gasteiger partial charge in [-0.25, -0.2) is 13.6 Å². The molecule has 4 N–H and O–H groups in total. The summed E-state index contributed by atoms with van der Waals surface area (Å²) in [5, 5.41) is 5.14. The largest absolute Gasteiger partial charge is 0.369 e. The van der Waals surface area contributed by atoms with Gasteiger partial charge >= 0.3 is 0 Å². The predicted molar refractivity (Wildman–Crippen MR) is 90.1 cm³/mol. The van der Waals surface area contributed by atoms with E-state index in [1.54, 1.807) is 12.1 Å². The van der Waals surface area contributed by atoms with Crippen LogP contribution >= 0.6 is 0 Å². The molecule has 2 rings (SSSR count). The molecule has 23 heavy (non-hydrogen) atoms. The van der Waals surface area contributed by atoms with E-state index in [-0.39, 0.29) is 22.1 Å². The zero-order valence-corrected chi connectivity index (χ0v) is 14.8. The van der Waals surface area contributed by atoms with E-state index in [2.05, 4.69) is 6.92 Å². The standard InChI is InChI=1S/C17H26N2O3S/c1-12(2)17(15(18)20)10-8-16(3,9-11-17)13-4-6-14(7-5-13)23(19,21)22/h4-7,12H,8-11H2,1-3H3,(H2,18,20)(H2,19,21,22). The molecule has 0 aromatic heterocycles. The predicted octanol–water partition coefficient (Wildman–Crippen LogP) is 2.29. The molecule has 0 aliphatic heterocycles. The van der Waals surface area contributed by atoms with Gasteiger partial charge in [-0.1, -0.05) is 32.9 Å². The van der Waals surface area contributed by atoms with Crippen molar-refractivity contribution in [3.63, 3.8) is 0 Å². The summed E-state index contributed by atoms with van der Waals surface area (Å²) in [6.45, 7) is 6.26. The van der Waals surface area contributed by atoms with Gasteiger partial charge in [0, 0.05) is 0 Å². The summed E-state index contributed by atoms with van der Waals surface area (Å²) >= 11 is 0. The van der Waals surface area contributed by atoms with Gasteiger partial charge in [0.15, 0.2) is 0 Å². The number of primary sulfonamides is 1. The molecule has 0 spiro atoms. The van der Waals surface area contributed by atoms with Crippen LogP contribution < -0.4 is 10.9 Å². The van der Waals surface area contributed by atoms with Crippen molar-refractivity contribution >= 4 is 15.9 Å². The number of hydrogen-bond donors (Lipinski definition) is 2. The second kappa shape index (κ2) is 5.91. The van der Waals surface area contributed by atoms with Crippen molar-refractivity contribution in [2.24, 2.45) is 22.2 Å². The number of sulfonamides is 1. The highest BCUT2D eigenvalue weighted by atomic mass is 32.2. The van der Waals surface area contributed by atoms with E-state index in [4.69, 9.17) is 10.9 Å². The van der Waals surface area contributed by atoms with Gasteiger partial charge in [-0.3, -0.25) is 4.79 Å². The van der Waals surface area contributed by atoms with Gasteiger partial charge in [-0.2, -0.15) is 0 Å². The number of primary amides is 1. The average molecular weight is 338 g/mol. The Labute approximate surface area is 138 Å². The lowest BCUT2D eigenvalue weighted by molar-refractivity contribution is -0.133. The number of carbonyl (C=O) groups excluding carboxylic acids is 1. The second-order valence-electron chi connectivity index (χ2n) is 7.31. The van der Waals surface area contributed by atoms with E-state index < -0.39 is 15.4 Å². The first-order valence-corrected chi connectivity index (χ1v) is 9.49. The maximum Gasteiger partial charge on any atom is 0.238 e. The Hall–Kier alpha value is -1.40. The molecule has 0 unspecified atom stereocenters. The van der Waals surface area contributed by atoms with Crippen LogP contribution in [0.2, 0.25) is 0 Å². The zero-order chi connectivity index (χ0) is 17.5. The minimum absolute atomic E-state index is 0.0786. The van der Waals surface area contributed by atoms with E-state index in [0.29, 0.717) is 0 Å². The van der Waals surface area contributed by atoms with Crippen molar-refractivity contribution in [3.8, 4) is 0 Å². The Morgan fingerprint density at radius 1 is 1.09 bits per heavy atom. The first-order chi connectivity index (χ1) is 10.5. The van der Waals surface area contributed by atoms with E-state index in [0.717, 1.165) is 31.2 Å². The minimum atomic E-state index is -3.67. The summed E-state index contributed by atoms with van der Waals surface area (Å²) in [7, 11) is -3.67. The highest BCUT2D eigenvalue weighted by Crippen LogP contribution is 2.50. The molecule has 6 heteroatoms. The Morgan fingerprint density at radius 3 is 1.91 bits per heavy atom. The summed E-state index contributed by atoms with van der Waals surface area (Å²) in [6.07, 6.45) is 3.21. The van der Waals surface area contributed by atoms with Crippen molar-refractivity contribution in [1.82, 2.24) is 0 Å². The molecule has 1 aromatic carbocycles. The maximum absolute atomic E-state index is 12.0. The molecular weight excluding hydrogens is 312 g/mol. The van der Waals surface area contributed by atoms with Crippen LogP contribution in [0.25, 0.3) is 0 Å². The minimum Gasteiger partial charge on any atom is -0.369 e. The van der Waals surface area contributed by atoms with E-state index in [1.165, 1.54) is 0 Å². The molecular formula is C17H26N2O3S. The number of benzene rings is 1. The Bertz CT molecular complexity index is 685. The van der Waals surface area contributed by atoms with Crippen LogP contribution in [0.15, 0.2) is 29.2 Å². The summed E-state index contributed by atoms with van der Waals surface area (Å²) in [5.74, 6) is 0.00781. The summed E-state index contributed by atoms with van der Waals surface area (Å²) in [4.78, 5) is 12.1. The van der Waals surface area contributed by atoms with Gasteiger partial charge < -0.3 is 5.73 Å². The first-order valence-electron chi connectivity index (χ1n) is 7.94. The van der Waals surface area contributed by atoms with Gasteiger partial charge in [0.2, 0.25) is 15.9 Å². The van der Waals surface area contributed by atoms with Crippen molar-refractivity contribution in [1.29, 1.82) is 0 Å². The lowest BCUT2D eigenvalue weighted by atomic mass is 9.58. The molecule has 1 aromatic rings.